The number of furan rings is 1. The largest absolute Gasteiger partial charge is 0.463 e. The molecule has 8 heteroatoms. The van der Waals surface area contributed by atoms with Gasteiger partial charge in [0.1, 0.15) is 36.0 Å². The van der Waals surface area contributed by atoms with Crippen LogP contribution in [0.25, 0.3) is 22.5 Å². The molecule has 3 aromatic heterocycles. The lowest BCUT2D eigenvalue weighted by Crippen LogP contribution is -2.33. The van der Waals surface area contributed by atoms with Crippen LogP contribution < -0.4 is 0 Å². The molecule has 0 unspecified atom stereocenters. The Kier molecular flexibility index (Phi) is 3.38. The van der Waals surface area contributed by atoms with Gasteiger partial charge in [0.05, 0.1) is 12.9 Å². The zero-order valence-electron chi connectivity index (χ0n) is 12.0. The maximum Gasteiger partial charge on any atom is 0.164 e. The predicted molar refractivity (Wildman–Crippen MR) is 78.2 cm³/mol. The van der Waals surface area contributed by atoms with Crippen LogP contribution in [-0.2, 0) is 4.74 Å². The lowest BCUT2D eigenvalue weighted by molar-refractivity contribution is -0.0508. The van der Waals surface area contributed by atoms with Gasteiger partial charge in [-0.05, 0) is 18.2 Å². The third-order valence-corrected chi connectivity index (χ3v) is 4.06. The average molecular weight is 317 g/mol. The molecule has 0 saturated carbocycles. The average Bonchev–Trinajstić information content (AvgIpc) is 3.28. The fraction of sp³-hybridized carbons (Fsp3) is 0.333. The van der Waals surface area contributed by atoms with Gasteiger partial charge >= 0.3 is 0 Å². The normalized spacial score (nSPS) is 27.8. The van der Waals surface area contributed by atoms with Gasteiger partial charge in [-0.2, -0.15) is 0 Å². The van der Waals surface area contributed by atoms with Crippen molar-refractivity contribution in [3.8, 4) is 11.5 Å². The number of rotatable bonds is 3. The molecule has 0 aromatic carbocycles. The Hall–Kier alpha value is -2.26. The molecule has 120 valence electrons. The number of aliphatic hydroxyl groups excluding tert-OH is 3. The molecule has 0 spiro atoms. The molecule has 1 aliphatic rings. The van der Waals surface area contributed by atoms with Crippen molar-refractivity contribution < 1.29 is 24.5 Å². The van der Waals surface area contributed by atoms with Crippen molar-refractivity contribution in [1.29, 1.82) is 0 Å². The zero-order chi connectivity index (χ0) is 16.0. The van der Waals surface area contributed by atoms with Gasteiger partial charge in [-0.1, -0.05) is 0 Å². The van der Waals surface area contributed by atoms with Crippen molar-refractivity contribution in [3.63, 3.8) is 0 Å². The van der Waals surface area contributed by atoms with E-state index in [1.165, 1.54) is 6.33 Å². The Labute approximate surface area is 130 Å². The molecular formula is C15H15N3O5. The van der Waals surface area contributed by atoms with Crippen LogP contribution in [0.15, 0.2) is 41.4 Å². The third kappa shape index (κ3) is 2.15. The predicted octanol–water partition coefficient (Wildman–Crippen LogP) is 0.303. The van der Waals surface area contributed by atoms with E-state index in [4.69, 9.17) is 9.15 Å². The smallest absolute Gasteiger partial charge is 0.164 e. The number of hydrogen-bond acceptors (Lipinski definition) is 7. The van der Waals surface area contributed by atoms with E-state index in [2.05, 4.69) is 9.97 Å². The van der Waals surface area contributed by atoms with Gasteiger partial charge in [-0.15, -0.1) is 0 Å². The van der Waals surface area contributed by atoms with Gasteiger partial charge in [-0.3, -0.25) is 0 Å². The van der Waals surface area contributed by atoms with E-state index in [0.29, 0.717) is 17.1 Å². The van der Waals surface area contributed by atoms with Crippen molar-refractivity contribution in [1.82, 2.24) is 14.5 Å². The second kappa shape index (κ2) is 5.43. The number of hydrogen-bond donors (Lipinski definition) is 3. The Morgan fingerprint density at radius 2 is 2.04 bits per heavy atom. The van der Waals surface area contributed by atoms with E-state index >= 15 is 0 Å². The lowest BCUT2D eigenvalue weighted by Gasteiger charge is -2.17. The topological polar surface area (TPSA) is 114 Å². The van der Waals surface area contributed by atoms with E-state index in [0.717, 1.165) is 5.39 Å². The minimum Gasteiger partial charge on any atom is -0.463 e. The molecule has 0 radical (unpaired) electrons. The summed E-state index contributed by atoms with van der Waals surface area (Å²) in [5, 5.41) is 30.0. The number of aromatic nitrogens is 3. The number of ether oxygens (including phenoxy) is 1. The molecule has 4 rings (SSSR count). The summed E-state index contributed by atoms with van der Waals surface area (Å²) in [4.78, 5) is 8.49. The quantitative estimate of drug-likeness (QED) is 0.636. The van der Waals surface area contributed by atoms with Gasteiger partial charge in [0.2, 0.25) is 0 Å². The summed E-state index contributed by atoms with van der Waals surface area (Å²) in [6.45, 7) is -0.374. The first kappa shape index (κ1) is 14.3. The molecule has 4 heterocycles. The van der Waals surface area contributed by atoms with Gasteiger partial charge in [0.15, 0.2) is 12.0 Å². The molecule has 3 aromatic rings. The standard InChI is InChI=1S/C15H15N3O5/c19-6-10-12(20)13(21)15(23-10)18-4-3-8-11(9-2-1-5-22-9)16-7-17-14(8)18/h1-5,7,10,12-13,15,19-21H,6H2/t10-,12-,13+,15-/m1/s1. The van der Waals surface area contributed by atoms with E-state index < -0.39 is 24.5 Å². The van der Waals surface area contributed by atoms with E-state index in [-0.39, 0.29) is 6.61 Å². The van der Waals surface area contributed by atoms with Crippen molar-refractivity contribution in [2.75, 3.05) is 6.61 Å². The summed E-state index contributed by atoms with van der Waals surface area (Å²) in [5.41, 5.74) is 1.17. The highest BCUT2D eigenvalue weighted by Gasteiger charge is 2.43. The summed E-state index contributed by atoms with van der Waals surface area (Å²) >= 11 is 0. The van der Waals surface area contributed by atoms with Crippen LogP contribution in [0.2, 0.25) is 0 Å². The summed E-state index contributed by atoms with van der Waals surface area (Å²) in [6.07, 6.45) is 0.674. The van der Waals surface area contributed by atoms with Crippen LogP contribution >= 0.6 is 0 Å². The first-order valence-electron chi connectivity index (χ1n) is 7.18. The SMILES string of the molecule is OC[C@H]1O[C@@H](n2ccc3c(-c4ccco4)ncnc32)[C@@H](O)[C@@H]1O. The fourth-order valence-corrected chi connectivity index (χ4v) is 2.90. The Balaban J connectivity index is 1.80. The molecule has 0 bridgehead atoms. The minimum absolute atomic E-state index is 0.374. The second-order valence-corrected chi connectivity index (χ2v) is 5.39. The molecule has 0 amide bonds. The van der Waals surface area contributed by atoms with Crippen LogP contribution in [0.4, 0.5) is 0 Å². The Morgan fingerprint density at radius 3 is 2.74 bits per heavy atom. The molecule has 8 nitrogen and oxygen atoms in total. The molecule has 23 heavy (non-hydrogen) atoms. The molecule has 4 atom stereocenters. The fourth-order valence-electron chi connectivity index (χ4n) is 2.90. The summed E-state index contributed by atoms with van der Waals surface area (Å²) in [5.74, 6) is 0.608. The highest BCUT2D eigenvalue weighted by Crippen LogP contribution is 2.34. The zero-order valence-corrected chi connectivity index (χ0v) is 12.0. The monoisotopic (exact) mass is 317 g/mol. The van der Waals surface area contributed by atoms with Crippen molar-refractivity contribution >= 4 is 11.0 Å². The summed E-state index contributed by atoms with van der Waals surface area (Å²) < 4.78 is 12.5. The van der Waals surface area contributed by atoms with Crippen molar-refractivity contribution in [3.05, 3.63) is 37.0 Å². The van der Waals surface area contributed by atoms with E-state index in [9.17, 15) is 15.3 Å². The number of nitrogens with zero attached hydrogens (tertiary/aromatic N) is 3. The molecule has 3 N–H and O–H groups in total. The first-order chi connectivity index (χ1) is 11.2. The van der Waals surface area contributed by atoms with Crippen molar-refractivity contribution in [2.24, 2.45) is 0 Å². The highest BCUT2D eigenvalue weighted by atomic mass is 16.6. The highest BCUT2D eigenvalue weighted by molar-refractivity contribution is 5.89. The molecule has 1 saturated heterocycles. The van der Waals surface area contributed by atoms with Crippen LogP contribution in [0.3, 0.4) is 0 Å². The van der Waals surface area contributed by atoms with Crippen LogP contribution in [0, 0.1) is 0 Å². The van der Waals surface area contributed by atoms with Crippen LogP contribution in [-0.4, -0.2) is 54.8 Å². The van der Waals surface area contributed by atoms with Crippen molar-refractivity contribution in [2.45, 2.75) is 24.5 Å². The minimum atomic E-state index is -1.16. The molecule has 1 fully saturated rings. The Morgan fingerprint density at radius 1 is 1.17 bits per heavy atom. The summed E-state index contributed by atoms with van der Waals surface area (Å²) in [7, 11) is 0. The molecule has 0 aliphatic carbocycles. The molecule has 1 aliphatic heterocycles. The maximum atomic E-state index is 10.2. The van der Waals surface area contributed by atoms with Gasteiger partial charge in [0, 0.05) is 11.6 Å². The Bertz CT molecular complexity index is 816. The third-order valence-electron chi connectivity index (χ3n) is 4.06. The first-order valence-corrected chi connectivity index (χ1v) is 7.18. The van der Waals surface area contributed by atoms with Gasteiger partial charge < -0.3 is 29.0 Å². The number of aliphatic hydroxyl groups is 3. The number of fused-ring (bicyclic) bond motifs is 1. The second-order valence-electron chi connectivity index (χ2n) is 5.39. The van der Waals surface area contributed by atoms with Gasteiger partial charge in [-0.25, -0.2) is 9.97 Å². The molecular weight excluding hydrogens is 302 g/mol. The van der Waals surface area contributed by atoms with E-state index in [1.54, 1.807) is 35.2 Å². The lowest BCUT2D eigenvalue weighted by atomic mass is 10.1. The van der Waals surface area contributed by atoms with Crippen LogP contribution in [0.1, 0.15) is 6.23 Å². The van der Waals surface area contributed by atoms with Gasteiger partial charge in [0.25, 0.3) is 0 Å². The maximum absolute atomic E-state index is 10.2. The van der Waals surface area contributed by atoms with Crippen LogP contribution in [0.5, 0.6) is 0 Å². The summed E-state index contributed by atoms with van der Waals surface area (Å²) in [6, 6.07) is 5.36. The van der Waals surface area contributed by atoms with E-state index in [1.807, 2.05) is 0 Å².